The molecular formula is C12H18Cl2N2OS. The molecule has 18 heavy (non-hydrogen) atoms. The molecule has 0 saturated heterocycles. The van der Waals surface area contributed by atoms with E-state index in [1.165, 1.54) is 0 Å². The van der Waals surface area contributed by atoms with E-state index < -0.39 is 4.93 Å². The van der Waals surface area contributed by atoms with E-state index in [0.29, 0.717) is 15.9 Å². The van der Waals surface area contributed by atoms with Crippen molar-refractivity contribution in [2.75, 3.05) is 11.5 Å². The van der Waals surface area contributed by atoms with Gasteiger partial charge in [-0.25, -0.2) is 0 Å². The van der Waals surface area contributed by atoms with Crippen molar-refractivity contribution in [1.29, 1.82) is 0 Å². The van der Waals surface area contributed by atoms with Crippen molar-refractivity contribution in [2.45, 2.75) is 38.5 Å². The van der Waals surface area contributed by atoms with Gasteiger partial charge < -0.3 is 10.5 Å². The molecule has 0 aliphatic rings. The lowest BCUT2D eigenvalue weighted by atomic mass is 10.4. The van der Waals surface area contributed by atoms with Crippen LogP contribution < -0.4 is 10.5 Å². The van der Waals surface area contributed by atoms with Crippen LogP contribution in [0.3, 0.4) is 0 Å². The van der Waals surface area contributed by atoms with Gasteiger partial charge in [-0.1, -0.05) is 36.5 Å². The molecule has 3 nitrogen and oxygen atoms in total. The molecule has 6 heteroatoms. The molecule has 0 bridgehead atoms. The molecule has 0 fully saturated rings. The maximum Gasteiger partial charge on any atom is 0.236 e. The predicted octanol–water partition coefficient (Wildman–Crippen LogP) is 4.62. The Hall–Kier alpha value is -0.320. The summed E-state index contributed by atoms with van der Waals surface area (Å²) in [4.78, 5) is 3.67. The Labute approximate surface area is 122 Å². The van der Waals surface area contributed by atoms with Crippen LogP contribution in [0.5, 0.6) is 5.88 Å². The summed E-state index contributed by atoms with van der Waals surface area (Å²) in [6.45, 7) is 6.12. The standard InChI is InChI=1S/C12H18Cl2N2OS/c1-4-5-6-18-12(2,3)17-11-9(14)7-8(13)10(15)16-11/h7H,4-6H2,1-3H3,(H2,15,16). The number of aromatic nitrogens is 1. The lowest BCUT2D eigenvalue weighted by Crippen LogP contribution is -2.25. The second-order valence-corrected chi connectivity index (χ2v) is 6.84. The Bertz CT molecular complexity index is 413. The van der Waals surface area contributed by atoms with Gasteiger partial charge in [-0.3, -0.25) is 0 Å². The van der Waals surface area contributed by atoms with E-state index in [9.17, 15) is 0 Å². The SMILES string of the molecule is CCCCSC(C)(C)Oc1nc(N)c(Cl)cc1Cl. The first-order valence-electron chi connectivity index (χ1n) is 5.80. The van der Waals surface area contributed by atoms with Crippen LogP contribution in [0, 0.1) is 0 Å². The van der Waals surface area contributed by atoms with Gasteiger partial charge in [-0.05, 0) is 32.1 Å². The zero-order valence-electron chi connectivity index (χ0n) is 10.8. The molecule has 1 heterocycles. The van der Waals surface area contributed by atoms with E-state index in [-0.39, 0.29) is 5.82 Å². The highest BCUT2D eigenvalue weighted by molar-refractivity contribution is 8.00. The average molecular weight is 309 g/mol. The lowest BCUT2D eigenvalue weighted by molar-refractivity contribution is 0.199. The molecule has 0 aliphatic heterocycles. The Morgan fingerprint density at radius 2 is 2.06 bits per heavy atom. The Morgan fingerprint density at radius 1 is 1.39 bits per heavy atom. The second kappa shape index (κ2) is 6.73. The zero-order valence-corrected chi connectivity index (χ0v) is 13.1. The van der Waals surface area contributed by atoms with Crippen LogP contribution in [0.15, 0.2) is 6.07 Å². The van der Waals surface area contributed by atoms with Crippen molar-refractivity contribution in [2.24, 2.45) is 0 Å². The fourth-order valence-electron chi connectivity index (χ4n) is 1.26. The number of nitrogens with two attached hydrogens (primary N) is 1. The smallest absolute Gasteiger partial charge is 0.236 e. The van der Waals surface area contributed by atoms with Crippen molar-refractivity contribution in [3.63, 3.8) is 0 Å². The lowest BCUT2D eigenvalue weighted by Gasteiger charge is -2.25. The maximum atomic E-state index is 6.03. The fourth-order valence-corrected chi connectivity index (χ4v) is 2.72. The molecule has 0 spiro atoms. The van der Waals surface area contributed by atoms with Gasteiger partial charge in [0.2, 0.25) is 5.88 Å². The van der Waals surface area contributed by atoms with Crippen LogP contribution in [0.2, 0.25) is 10.0 Å². The minimum atomic E-state index is -0.397. The van der Waals surface area contributed by atoms with Gasteiger partial charge in [-0.15, -0.1) is 11.8 Å². The van der Waals surface area contributed by atoms with Crippen LogP contribution in [0.4, 0.5) is 5.82 Å². The molecule has 0 aliphatic carbocycles. The highest BCUT2D eigenvalue weighted by Gasteiger charge is 2.22. The number of anilines is 1. The van der Waals surface area contributed by atoms with Gasteiger partial charge in [0.1, 0.15) is 10.8 Å². The fraction of sp³-hybridized carbons (Fsp3) is 0.583. The topological polar surface area (TPSA) is 48.1 Å². The summed E-state index contributed by atoms with van der Waals surface area (Å²) in [5.74, 6) is 1.59. The summed E-state index contributed by atoms with van der Waals surface area (Å²) >= 11 is 13.6. The molecule has 1 aromatic heterocycles. The summed E-state index contributed by atoms with van der Waals surface area (Å²) in [7, 11) is 0. The van der Waals surface area contributed by atoms with Crippen LogP contribution in [-0.2, 0) is 0 Å². The summed E-state index contributed by atoms with van der Waals surface area (Å²) in [5, 5.41) is 0.710. The van der Waals surface area contributed by atoms with Gasteiger partial charge in [-0.2, -0.15) is 4.98 Å². The molecule has 0 atom stereocenters. The summed E-state index contributed by atoms with van der Waals surface area (Å²) in [5.41, 5.74) is 5.64. The number of halogens is 2. The molecule has 0 aromatic carbocycles. The van der Waals surface area contributed by atoms with E-state index in [1.54, 1.807) is 17.8 Å². The monoisotopic (exact) mass is 308 g/mol. The maximum absolute atomic E-state index is 6.03. The number of pyridine rings is 1. The van der Waals surface area contributed by atoms with Gasteiger partial charge in [0.05, 0.1) is 5.02 Å². The third kappa shape index (κ3) is 4.75. The largest absolute Gasteiger partial charge is 0.459 e. The molecule has 102 valence electrons. The number of thioether (sulfide) groups is 1. The summed E-state index contributed by atoms with van der Waals surface area (Å²) in [6.07, 6.45) is 2.32. The van der Waals surface area contributed by atoms with E-state index in [4.69, 9.17) is 33.7 Å². The van der Waals surface area contributed by atoms with Crippen molar-refractivity contribution in [1.82, 2.24) is 4.98 Å². The van der Waals surface area contributed by atoms with Gasteiger partial charge in [0.15, 0.2) is 4.93 Å². The number of ether oxygens (including phenoxy) is 1. The molecule has 0 unspecified atom stereocenters. The molecular weight excluding hydrogens is 291 g/mol. The minimum absolute atomic E-state index is 0.227. The summed E-state index contributed by atoms with van der Waals surface area (Å²) < 4.78 is 5.80. The number of nitrogens with zero attached hydrogens (tertiary/aromatic N) is 1. The average Bonchev–Trinajstić information content (AvgIpc) is 2.26. The Balaban J connectivity index is 2.74. The minimum Gasteiger partial charge on any atom is -0.459 e. The Morgan fingerprint density at radius 3 is 2.67 bits per heavy atom. The Kier molecular flexibility index (Phi) is 5.89. The zero-order chi connectivity index (χ0) is 13.8. The summed E-state index contributed by atoms with van der Waals surface area (Å²) in [6, 6.07) is 1.55. The first kappa shape index (κ1) is 15.7. The molecule has 1 aromatic rings. The predicted molar refractivity (Wildman–Crippen MR) is 80.7 cm³/mol. The number of rotatable bonds is 6. The van der Waals surface area contributed by atoms with Crippen LogP contribution in [0.1, 0.15) is 33.6 Å². The highest BCUT2D eigenvalue weighted by Crippen LogP contribution is 2.34. The highest BCUT2D eigenvalue weighted by atomic mass is 35.5. The molecule has 1 rings (SSSR count). The van der Waals surface area contributed by atoms with Crippen molar-refractivity contribution in [3.05, 3.63) is 16.1 Å². The van der Waals surface area contributed by atoms with Crippen LogP contribution in [-0.4, -0.2) is 15.7 Å². The third-order valence-electron chi connectivity index (χ3n) is 2.21. The number of nitrogen functional groups attached to an aromatic ring is 1. The quantitative estimate of drug-likeness (QED) is 0.615. The number of hydrogen-bond acceptors (Lipinski definition) is 4. The second-order valence-electron chi connectivity index (χ2n) is 4.35. The van der Waals surface area contributed by atoms with E-state index in [1.807, 2.05) is 13.8 Å². The van der Waals surface area contributed by atoms with E-state index >= 15 is 0 Å². The first-order valence-corrected chi connectivity index (χ1v) is 7.54. The van der Waals surface area contributed by atoms with Crippen LogP contribution >= 0.6 is 35.0 Å². The molecule has 0 saturated carbocycles. The van der Waals surface area contributed by atoms with Gasteiger partial charge in [0.25, 0.3) is 0 Å². The number of unbranched alkanes of at least 4 members (excludes halogenated alkanes) is 1. The molecule has 0 radical (unpaired) electrons. The van der Waals surface area contributed by atoms with Crippen molar-refractivity contribution < 1.29 is 4.74 Å². The third-order valence-corrected chi connectivity index (χ3v) is 4.06. The molecule has 0 amide bonds. The van der Waals surface area contributed by atoms with Crippen molar-refractivity contribution in [3.8, 4) is 5.88 Å². The van der Waals surface area contributed by atoms with Crippen molar-refractivity contribution >= 4 is 40.8 Å². The number of hydrogen-bond donors (Lipinski definition) is 1. The molecule has 2 N–H and O–H groups in total. The van der Waals surface area contributed by atoms with Gasteiger partial charge >= 0.3 is 0 Å². The van der Waals surface area contributed by atoms with Crippen LogP contribution in [0.25, 0.3) is 0 Å². The first-order chi connectivity index (χ1) is 8.35. The van der Waals surface area contributed by atoms with E-state index in [2.05, 4.69) is 11.9 Å². The normalized spacial score (nSPS) is 11.6. The van der Waals surface area contributed by atoms with Gasteiger partial charge in [0, 0.05) is 0 Å². The van der Waals surface area contributed by atoms with E-state index in [0.717, 1.165) is 18.6 Å².